The maximum absolute atomic E-state index is 12.1. The van der Waals surface area contributed by atoms with Gasteiger partial charge in [0.1, 0.15) is 0 Å². The molecular formula is C14H19N3O2. The fourth-order valence-corrected chi connectivity index (χ4v) is 1.97. The Morgan fingerprint density at radius 2 is 2.00 bits per heavy atom. The molecule has 19 heavy (non-hydrogen) atoms. The summed E-state index contributed by atoms with van der Waals surface area (Å²) in [5.74, 6) is -0.167. The first kappa shape index (κ1) is 13.5. The first-order valence-corrected chi connectivity index (χ1v) is 6.37. The third-order valence-electron chi connectivity index (χ3n) is 3.53. The smallest absolute Gasteiger partial charge is 0.231 e. The van der Waals surface area contributed by atoms with Crippen molar-refractivity contribution in [2.45, 2.75) is 26.7 Å². The SMILES string of the molecule is CC(=O)Nc1ccc(C)c(NC(=O)C2(CN)CC2)c1. The number of carbonyl (C=O) groups is 2. The van der Waals surface area contributed by atoms with Crippen LogP contribution in [0.25, 0.3) is 0 Å². The van der Waals surface area contributed by atoms with Crippen molar-refractivity contribution in [3.8, 4) is 0 Å². The predicted molar refractivity (Wildman–Crippen MR) is 74.8 cm³/mol. The highest BCUT2D eigenvalue weighted by molar-refractivity contribution is 5.99. The van der Waals surface area contributed by atoms with Crippen molar-refractivity contribution in [1.29, 1.82) is 0 Å². The summed E-state index contributed by atoms with van der Waals surface area (Å²) in [5.41, 5.74) is 7.61. The zero-order chi connectivity index (χ0) is 14.0. The molecule has 1 saturated carbocycles. The van der Waals surface area contributed by atoms with Crippen molar-refractivity contribution in [2.24, 2.45) is 11.1 Å². The molecule has 0 unspecified atom stereocenters. The van der Waals surface area contributed by atoms with E-state index >= 15 is 0 Å². The fourth-order valence-electron chi connectivity index (χ4n) is 1.97. The number of hydrogen-bond donors (Lipinski definition) is 3. The van der Waals surface area contributed by atoms with E-state index in [0.717, 1.165) is 24.1 Å². The van der Waals surface area contributed by atoms with Crippen LogP contribution in [0.2, 0.25) is 0 Å². The van der Waals surface area contributed by atoms with Crippen LogP contribution >= 0.6 is 0 Å². The quantitative estimate of drug-likeness (QED) is 0.770. The summed E-state index contributed by atoms with van der Waals surface area (Å²) in [6, 6.07) is 5.44. The third kappa shape index (κ3) is 2.93. The number of carbonyl (C=O) groups excluding carboxylic acids is 2. The van der Waals surface area contributed by atoms with Crippen molar-refractivity contribution < 1.29 is 9.59 Å². The number of hydrogen-bond acceptors (Lipinski definition) is 3. The van der Waals surface area contributed by atoms with Gasteiger partial charge >= 0.3 is 0 Å². The Hall–Kier alpha value is -1.88. The van der Waals surface area contributed by atoms with Crippen molar-refractivity contribution in [1.82, 2.24) is 0 Å². The summed E-state index contributed by atoms with van der Waals surface area (Å²) in [6.45, 7) is 3.74. The molecule has 1 aliphatic rings. The van der Waals surface area contributed by atoms with Crippen molar-refractivity contribution in [2.75, 3.05) is 17.2 Å². The molecule has 0 aromatic heterocycles. The van der Waals surface area contributed by atoms with Gasteiger partial charge in [-0.2, -0.15) is 0 Å². The van der Waals surface area contributed by atoms with Crippen molar-refractivity contribution >= 4 is 23.2 Å². The summed E-state index contributed by atoms with van der Waals surface area (Å²) >= 11 is 0. The average molecular weight is 261 g/mol. The van der Waals surface area contributed by atoms with Gasteiger partial charge in [0.25, 0.3) is 0 Å². The normalized spacial score (nSPS) is 15.7. The summed E-state index contributed by atoms with van der Waals surface area (Å²) in [5, 5.41) is 5.61. The van der Waals surface area contributed by atoms with E-state index in [2.05, 4.69) is 10.6 Å². The highest BCUT2D eigenvalue weighted by Gasteiger charge is 2.48. The lowest BCUT2D eigenvalue weighted by molar-refractivity contribution is -0.120. The Labute approximate surface area is 112 Å². The third-order valence-corrected chi connectivity index (χ3v) is 3.53. The van der Waals surface area contributed by atoms with E-state index in [4.69, 9.17) is 5.73 Å². The second-order valence-corrected chi connectivity index (χ2v) is 5.15. The van der Waals surface area contributed by atoms with Crippen LogP contribution in [0.5, 0.6) is 0 Å². The maximum atomic E-state index is 12.1. The monoisotopic (exact) mass is 261 g/mol. The Morgan fingerprint density at radius 1 is 1.32 bits per heavy atom. The molecule has 2 rings (SSSR count). The lowest BCUT2D eigenvalue weighted by atomic mass is 10.1. The van der Waals surface area contributed by atoms with Crippen LogP contribution < -0.4 is 16.4 Å². The summed E-state index contributed by atoms with van der Waals surface area (Å²) in [6.07, 6.45) is 1.69. The van der Waals surface area contributed by atoms with Crippen LogP contribution in [0.15, 0.2) is 18.2 Å². The minimum absolute atomic E-state index is 0.0296. The van der Waals surface area contributed by atoms with Gasteiger partial charge in [0, 0.05) is 24.8 Å². The van der Waals surface area contributed by atoms with Gasteiger partial charge in [0.2, 0.25) is 11.8 Å². The second-order valence-electron chi connectivity index (χ2n) is 5.15. The van der Waals surface area contributed by atoms with Gasteiger partial charge in [-0.05, 0) is 37.5 Å². The van der Waals surface area contributed by atoms with Gasteiger partial charge in [-0.1, -0.05) is 6.07 Å². The summed E-state index contributed by atoms with van der Waals surface area (Å²) < 4.78 is 0. The minimum Gasteiger partial charge on any atom is -0.329 e. The molecule has 1 aromatic carbocycles. The highest BCUT2D eigenvalue weighted by Crippen LogP contribution is 2.45. The van der Waals surface area contributed by atoms with E-state index in [1.807, 2.05) is 19.1 Å². The number of nitrogens with one attached hydrogen (secondary N) is 2. The molecule has 4 N–H and O–H groups in total. The van der Waals surface area contributed by atoms with Crippen LogP contribution in [-0.4, -0.2) is 18.4 Å². The van der Waals surface area contributed by atoms with Crippen LogP contribution in [0.1, 0.15) is 25.3 Å². The molecule has 0 radical (unpaired) electrons. The molecule has 5 heteroatoms. The molecule has 5 nitrogen and oxygen atoms in total. The molecular weight excluding hydrogens is 242 g/mol. The number of amides is 2. The molecule has 1 aromatic rings. The standard InChI is InChI=1S/C14H19N3O2/c1-9-3-4-11(16-10(2)18)7-12(9)17-13(19)14(8-15)5-6-14/h3-4,7H,5-6,8,15H2,1-2H3,(H,16,18)(H,17,19). The lowest BCUT2D eigenvalue weighted by Crippen LogP contribution is -2.31. The number of nitrogens with two attached hydrogens (primary N) is 1. The van der Waals surface area contributed by atoms with Crippen LogP contribution in [0, 0.1) is 12.3 Å². The summed E-state index contributed by atoms with van der Waals surface area (Å²) in [4.78, 5) is 23.2. The van der Waals surface area contributed by atoms with Gasteiger partial charge < -0.3 is 16.4 Å². The molecule has 0 spiro atoms. The zero-order valence-electron chi connectivity index (χ0n) is 11.2. The van der Waals surface area contributed by atoms with Gasteiger partial charge in [-0.3, -0.25) is 9.59 Å². The second kappa shape index (κ2) is 5.01. The van der Waals surface area contributed by atoms with Crippen molar-refractivity contribution in [3.63, 3.8) is 0 Å². The number of aryl methyl sites for hydroxylation is 1. The van der Waals surface area contributed by atoms with E-state index in [1.54, 1.807) is 6.07 Å². The Bertz CT molecular complexity index is 521. The predicted octanol–water partition coefficient (Wildman–Crippen LogP) is 1.63. The molecule has 0 saturated heterocycles. The van der Waals surface area contributed by atoms with Crippen LogP contribution in [-0.2, 0) is 9.59 Å². The molecule has 0 aliphatic heterocycles. The largest absolute Gasteiger partial charge is 0.329 e. The van der Waals surface area contributed by atoms with E-state index in [0.29, 0.717) is 12.2 Å². The fraction of sp³-hybridized carbons (Fsp3) is 0.429. The maximum Gasteiger partial charge on any atom is 0.231 e. The van der Waals surface area contributed by atoms with Gasteiger partial charge in [-0.25, -0.2) is 0 Å². The molecule has 0 atom stereocenters. The number of rotatable bonds is 4. The summed E-state index contributed by atoms with van der Waals surface area (Å²) in [7, 11) is 0. The zero-order valence-corrected chi connectivity index (χ0v) is 11.2. The number of anilines is 2. The van der Waals surface area contributed by atoms with E-state index in [1.165, 1.54) is 6.92 Å². The van der Waals surface area contributed by atoms with Crippen molar-refractivity contribution in [3.05, 3.63) is 23.8 Å². The van der Waals surface area contributed by atoms with E-state index in [9.17, 15) is 9.59 Å². The molecule has 1 aliphatic carbocycles. The van der Waals surface area contributed by atoms with Gasteiger partial charge in [-0.15, -0.1) is 0 Å². The Morgan fingerprint density at radius 3 is 2.53 bits per heavy atom. The number of benzene rings is 1. The minimum atomic E-state index is -0.379. The first-order valence-electron chi connectivity index (χ1n) is 6.37. The van der Waals surface area contributed by atoms with Gasteiger partial charge in [0.15, 0.2) is 0 Å². The highest BCUT2D eigenvalue weighted by atomic mass is 16.2. The average Bonchev–Trinajstić information content (AvgIpc) is 3.13. The van der Waals surface area contributed by atoms with Crippen LogP contribution in [0.3, 0.4) is 0 Å². The van der Waals surface area contributed by atoms with Crippen LogP contribution in [0.4, 0.5) is 11.4 Å². The lowest BCUT2D eigenvalue weighted by Gasteiger charge is -2.15. The van der Waals surface area contributed by atoms with Gasteiger partial charge in [0.05, 0.1) is 5.41 Å². The van der Waals surface area contributed by atoms with E-state index in [-0.39, 0.29) is 17.2 Å². The molecule has 0 bridgehead atoms. The van der Waals surface area contributed by atoms with E-state index < -0.39 is 0 Å². The Kier molecular flexibility index (Phi) is 3.57. The molecule has 1 fully saturated rings. The first-order chi connectivity index (χ1) is 8.97. The Balaban J connectivity index is 2.15. The molecule has 102 valence electrons. The topological polar surface area (TPSA) is 84.2 Å². The molecule has 2 amide bonds. The molecule has 0 heterocycles.